The molecule has 4 heteroatoms. The molecule has 2 aliphatic rings. The Kier molecular flexibility index (Phi) is 1.31. The molecule has 2 nitrogen and oxygen atoms in total. The molecule has 1 aliphatic carbocycles. The van der Waals surface area contributed by atoms with E-state index in [9.17, 15) is 13.6 Å². The van der Waals surface area contributed by atoms with Crippen molar-refractivity contribution in [3.05, 3.63) is 34.9 Å². The van der Waals surface area contributed by atoms with Gasteiger partial charge in [0.15, 0.2) is 0 Å². The number of halogens is 2. The maximum atomic E-state index is 13.3. The molecule has 72 valence electrons. The van der Waals surface area contributed by atoms with Crippen LogP contribution in [0.1, 0.15) is 29.5 Å². The Morgan fingerprint density at radius 3 is 2.93 bits per heavy atom. The molecule has 3 rings (SSSR count). The maximum absolute atomic E-state index is 13.3. The average molecular weight is 195 g/mol. The van der Waals surface area contributed by atoms with Gasteiger partial charge in [-0.05, 0) is 18.1 Å². The van der Waals surface area contributed by atoms with Gasteiger partial charge in [-0.2, -0.15) is 0 Å². The van der Waals surface area contributed by atoms with Gasteiger partial charge in [-0.3, -0.25) is 4.79 Å². The second kappa shape index (κ2) is 2.32. The van der Waals surface area contributed by atoms with Crippen LogP contribution >= 0.6 is 0 Å². The van der Waals surface area contributed by atoms with Crippen molar-refractivity contribution in [2.45, 2.75) is 18.4 Å². The van der Waals surface area contributed by atoms with Crippen LogP contribution in [0.3, 0.4) is 0 Å². The number of hydrogen-bond donors (Lipinski definition) is 1. The summed E-state index contributed by atoms with van der Waals surface area (Å²) in [5, 5.41) is 2.67. The maximum Gasteiger partial charge on any atom is 0.228 e. The zero-order chi connectivity index (χ0) is 9.87. The van der Waals surface area contributed by atoms with Crippen LogP contribution in [0.15, 0.2) is 12.1 Å². The van der Waals surface area contributed by atoms with Crippen molar-refractivity contribution in [3.63, 3.8) is 0 Å². The fourth-order valence-corrected chi connectivity index (χ4v) is 2.39. The first kappa shape index (κ1) is 7.91. The molecule has 1 aromatic carbocycles. The number of rotatable bonds is 0. The van der Waals surface area contributed by atoms with Crippen molar-refractivity contribution in [1.29, 1.82) is 0 Å². The molecule has 2 unspecified atom stereocenters. The van der Waals surface area contributed by atoms with E-state index in [0.717, 1.165) is 6.07 Å². The number of amides is 1. The predicted octanol–water partition coefficient (Wildman–Crippen LogP) is 1.62. The normalized spacial score (nSPS) is 27.7. The fourth-order valence-electron chi connectivity index (χ4n) is 2.39. The number of benzene rings is 1. The summed E-state index contributed by atoms with van der Waals surface area (Å²) in [5.74, 6) is -1.62. The van der Waals surface area contributed by atoms with Gasteiger partial charge in [0.1, 0.15) is 11.6 Å². The number of carbonyl (C=O) groups excluding carboxylic acids is 1. The SMILES string of the molecule is O=C1NC2CC1c1cc(F)cc(F)c12. The third-order valence-corrected chi connectivity index (χ3v) is 2.95. The van der Waals surface area contributed by atoms with Crippen molar-refractivity contribution in [2.24, 2.45) is 0 Å². The van der Waals surface area contributed by atoms with E-state index in [4.69, 9.17) is 0 Å². The van der Waals surface area contributed by atoms with Gasteiger partial charge in [0.05, 0.1) is 12.0 Å². The predicted molar refractivity (Wildman–Crippen MR) is 44.6 cm³/mol. The smallest absolute Gasteiger partial charge is 0.228 e. The van der Waals surface area contributed by atoms with E-state index in [1.54, 1.807) is 0 Å². The Balaban J connectivity index is 2.26. The summed E-state index contributed by atoms with van der Waals surface area (Å²) in [6.45, 7) is 0. The number of fused-ring (bicyclic) bond motifs is 5. The molecule has 1 aliphatic heterocycles. The monoisotopic (exact) mass is 195 g/mol. The van der Waals surface area contributed by atoms with E-state index in [1.165, 1.54) is 6.07 Å². The Hall–Kier alpha value is -1.45. The van der Waals surface area contributed by atoms with Crippen molar-refractivity contribution < 1.29 is 13.6 Å². The number of carbonyl (C=O) groups is 1. The summed E-state index contributed by atoms with van der Waals surface area (Å²) >= 11 is 0. The molecular formula is C10H7F2NO. The lowest BCUT2D eigenvalue weighted by Crippen LogP contribution is -2.27. The Bertz CT molecular complexity index is 444. The number of hydrogen-bond acceptors (Lipinski definition) is 1. The lowest BCUT2D eigenvalue weighted by atomic mass is 9.99. The van der Waals surface area contributed by atoms with Crippen LogP contribution < -0.4 is 5.32 Å². The highest BCUT2D eigenvalue weighted by atomic mass is 19.1. The lowest BCUT2D eigenvalue weighted by Gasteiger charge is -2.16. The Morgan fingerprint density at radius 1 is 1.36 bits per heavy atom. The molecule has 1 fully saturated rings. The van der Waals surface area contributed by atoms with Crippen molar-refractivity contribution in [1.82, 2.24) is 5.32 Å². The van der Waals surface area contributed by atoms with Crippen LogP contribution in [0.4, 0.5) is 8.78 Å². The first-order chi connectivity index (χ1) is 6.66. The van der Waals surface area contributed by atoms with Crippen LogP contribution in [0.2, 0.25) is 0 Å². The van der Waals surface area contributed by atoms with E-state index in [-0.39, 0.29) is 17.9 Å². The van der Waals surface area contributed by atoms with Gasteiger partial charge in [0.25, 0.3) is 0 Å². The molecular weight excluding hydrogens is 188 g/mol. The molecule has 0 radical (unpaired) electrons. The minimum absolute atomic E-state index is 0.118. The Labute approximate surface area is 78.9 Å². The van der Waals surface area contributed by atoms with Crippen molar-refractivity contribution in [3.8, 4) is 0 Å². The van der Waals surface area contributed by atoms with E-state index >= 15 is 0 Å². The molecule has 0 aromatic heterocycles. The van der Waals surface area contributed by atoms with Gasteiger partial charge in [-0.15, -0.1) is 0 Å². The third-order valence-electron chi connectivity index (χ3n) is 2.95. The number of nitrogens with one attached hydrogen (secondary N) is 1. The highest BCUT2D eigenvalue weighted by Crippen LogP contribution is 2.46. The molecule has 1 heterocycles. The van der Waals surface area contributed by atoms with E-state index in [2.05, 4.69) is 5.32 Å². The molecule has 1 saturated heterocycles. The Morgan fingerprint density at radius 2 is 2.14 bits per heavy atom. The molecule has 0 saturated carbocycles. The van der Waals surface area contributed by atoms with Gasteiger partial charge < -0.3 is 5.32 Å². The summed E-state index contributed by atoms with van der Waals surface area (Å²) < 4.78 is 26.2. The van der Waals surface area contributed by atoms with E-state index in [1.807, 2.05) is 0 Å². The zero-order valence-electron chi connectivity index (χ0n) is 7.18. The molecule has 1 N–H and O–H groups in total. The largest absolute Gasteiger partial charge is 0.349 e. The topological polar surface area (TPSA) is 29.1 Å². The highest BCUT2D eigenvalue weighted by Gasteiger charge is 2.44. The average Bonchev–Trinajstić information content (AvgIpc) is 2.59. The van der Waals surface area contributed by atoms with Crippen LogP contribution in [0, 0.1) is 11.6 Å². The first-order valence-electron chi connectivity index (χ1n) is 4.46. The van der Waals surface area contributed by atoms with Gasteiger partial charge in [-0.1, -0.05) is 0 Å². The zero-order valence-corrected chi connectivity index (χ0v) is 7.18. The van der Waals surface area contributed by atoms with Crippen LogP contribution in [-0.4, -0.2) is 5.91 Å². The van der Waals surface area contributed by atoms with Crippen molar-refractivity contribution >= 4 is 5.91 Å². The van der Waals surface area contributed by atoms with Crippen molar-refractivity contribution in [2.75, 3.05) is 0 Å². The van der Waals surface area contributed by atoms with E-state index < -0.39 is 11.6 Å². The minimum atomic E-state index is -0.610. The summed E-state index contributed by atoms with van der Waals surface area (Å²) in [5.41, 5.74) is 0.993. The van der Waals surface area contributed by atoms with Gasteiger partial charge in [-0.25, -0.2) is 8.78 Å². The molecule has 2 bridgehead atoms. The van der Waals surface area contributed by atoms with Gasteiger partial charge in [0.2, 0.25) is 5.91 Å². The standard InChI is InChI=1S/C10H7F2NO/c11-4-1-5-6-3-8(13-10(6)14)9(5)7(12)2-4/h1-2,6,8H,3H2,(H,13,14). The molecule has 14 heavy (non-hydrogen) atoms. The molecule has 0 spiro atoms. The highest BCUT2D eigenvalue weighted by molar-refractivity contribution is 5.89. The summed E-state index contributed by atoms with van der Waals surface area (Å²) in [6.07, 6.45) is 0.564. The summed E-state index contributed by atoms with van der Waals surface area (Å²) in [6, 6.07) is 1.89. The quantitative estimate of drug-likeness (QED) is 0.669. The van der Waals surface area contributed by atoms with Crippen LogP contribution in [-0.2, 0) is 4.79 Å². The minimum Gasteiger partial charge on any atom is -0.349 e. The summed E-state index contributed by atoms with van der Waals surface area (Å²) in [4.78, 5) is 11.3. The van der Waals surface area contributed by atoms with Gasteiger partial charge >= 0.3 is 0 Å². The molecule has 2 atom stereocenters. The molecule has 1 aromatic rings. The van der Waals surface area contributed by atoms with Gasteiger partial charge in [0, 0.05) is 11.6 Å². The van der Waals surface area contributed by atoms with Crippen LogP contribution in [0.25, 0.3) is 0 Å². The molecule has 1 amide bonds. The second-order valence-electron chi connectivity index (χ2n) is 3.74. The third kappa shape index (κ3) is 0.806. The van der Waals surface area contributed by atoms with Crippen LogP contribution in [0.5, 0.6) is 0 Å². The first-order valence-corrected chi connectivity index (χ1v) is 4.46. The second-order valence-corrected chi connectivity index (χ2v) is 3.74. The lowest BCUT2D eigenvalue weighted by molar-refractivity contribution is -0.120. The summed E-state index contributed by atoms with van der Waals surface area (Å²) in [7, 11) is 0. The van der Waals surface area contributed by atoms with E-state index in [0.29, 0.717) is 17.5 Å². The fraction of sp³-hybridized carbons (Fsp3) is 0.300.